The molecule has 0 saturated heterocycles. The number of sulfone groups is 1. The lowest BCUT2D eigenvalue weighted by Crippen LogP contribution is -2.37. The summed E-state index contributed by atoms with van der Waals surface area (Å²) in [7, 11) is -2.03. The van der Waals surface area contributed by atoms with Crippen molar-refractivity contribution < 1.29 is 79.4 Å². The van der Waals surface area contributed by atoms with Crippen molar-refractivity contribution in [3.63, 3.8) is 0 Å². The molecule has 0 unspecified atom stereocenters. The van der Waals surface area contributed by atoms with Gasteiger partial charge in [-0.25, -0.2) is 8.42 Å². The van der Waals surface area contributed by atoms with Crippen LogP contribution in [0.4, 0.5) is 0 Å². The molecule has 3 amide bonds. The molecule has 2 rings (SSSR count). The van der Waals surface area contributed by atoms with E-state index in [0.717, 1.165) is 12.5 Å². The number of carbonyl (C=O) groups is 4. The summed E-state index contributed by atoms with van der Waals surface area (Å²) < 4.78 is 84.9. The highest BCUT2D eigenvalue weighted by molar-refractivity contribution is 7.90. The molecular formula is C49H83N5O17S. The van der Waals surface area contributed by atoms with Crippen LogP contribution < -0.4 is 10.6 Å². The molecule has 0 saturated carbocycles. The monoisotopic (exact) mass is 1050 g/mol. The van der Waals surface area contributed by atoms with Crippen LogP contribution in [0.3, 0.4) is 0 Å². The molecule has 0 aliphatic carbocycles. The van der Waals surface area contributed by atoms with E-state index < -0.39 is 26.1 Å². The Balaban J connectivity index is 1.61. The number of methoxy groups -OCH3 is 1. The molecule has 0 fully saturated rings. The van der Waals surface area contributed by atoms with Gasteiger partial charge < -0.3 is 72.1 Å². The Morgan fingerprint density at radius 3 is 1.42 bits per heavy atom. The van der Waals surface area contributed by atoms with Gasteiger partial charge in [0.25, 0.3) is 5.91 Å². The smallest absolute Gasteiger partial charge is 0.335 e. The first-order valence-corrected chi connectivity index (χ1v) is 26.4. The standard InChI is InChI=1S/C49H83N5O17S/c1-47(2,39-55)17-24-70-49(5,6)16-19-51-43(57)14-23-63-28-32-67-36-38-69-34-30-65-26-21-54(45(58)41-11-9-40(10-12-41)44-52-53-46(71-44)72(8,59)60)20-25-64-29-33-68-37-35-66-31-27-62-22-13-42(56)50-18-15-48(3,4)61-7/h9-12,39H,13-38H2,1-8H3,(H,50,56)(H,51,57). The van der Waals surface area contributed by atoms with Crippen molar-refractivity contribution >= 4 is 33.8 Å². The molecule has 2 N–H and O–H groups in total. The number of nitrogens with one attached hydrogen (secondary N) is 2. The Labute approximate surface area is 426 Å². The molecule has 1 aromatic carbocycles. The zero-order valence-electron chi connectivity index (χ0n) is 44.0. The van der Waals surface area contributed by atoms with Crippen LogP contribution >= 0.6 is 0 Å². The largest absolute Gasteiger partial charge is 0.408 e. The van der Waals surface area contributed by atoms with Crippen molar-refractivity contribution in [3.05, 3.63) is 29.8 Å². The third kappa shape index (κ3) is 30.9. The summed E-state index contributed by atoms with van der Waals surface area (Å²) in [6, 6.07) is 6.38. The number of carbonyl (C=O) groups excluding carboxylic acids is 4. The van der Waals surface area contributed by atoms with Gasteiger partial charge in [-0.15, -0.1) is 5.10 Å². The maximum absolute atomic E-state index is 13.6. The van der Waals surface area contributed by atoms with E-state index in [1.54, 1.807) is 36.3 Å². The minimum atomic E-state index is -3.68. The molecule has 2 aromatic rings. The summed E-state index contributed by atoms with van der Waals surface area (Å²) in [6.45, 7) is 18.8. The van der Waals surface area contributed by atoms with Gasteiger partial charge in [-0.05, 0) is 71.2 Å². The van der Waals surface area contributed by atoms with Crippen LogP contribution in [0.5, 0.6) is 0 Å². The molecule has 0 aliphatic rings. The van der Waals surface area contributed by atoms with Crippen LogP contribution in [0, 0.1) is 5.41 Å². The van der Waals surface area contributed by atoms with Crippen LogP contribution in [0.25, 0.3) is 11.5 Å². The molecule has 72 heavy (non-hydrogen) atoms. The van der Waals surface area contributed by atoms with Crippen LogP contribution in [0.15, 0.2) is 33.9 Å². The van der Waals surface area contributed by atoms with Crippen molar-refractivity contribution in [1.82, 2.24) is 25.7 Å². The maximum atomic E-state index is 13.6. The van der Waals surface area contributed by atoms with Crippen molar-refractivity contribution in [2.75, 3.05) is 152 Å². The minimum Gasteiger partial charge on any atom is -0.408 e. The molecule has 1 heterocycles. The Hall–Kier alpha value is -4.01. The first-order chi connectivity index (χ1) is 34.3. The number of nitrogens with zero attached hydrogens (tertiary/aromatic N) is 3. The van der Waals surface area contributed by atoms with Gasteiger partial charge in [0.05, 0.1) is 117 Å². The fourth-order valence-corrected chi connectivity index (χ4v) is 6.36. The highest BCUT2D eigenvalue weighted by atomic mass is 32.2. The molecular weight excluding hydrogens is 963 g/mol. The van der Waals surface area contributed by atoms with E-state index in [9.17, 15) is 27.6 Å². The summed E-state index contributed by atoms with van der Waals surface area (Å²) in [6.07, 6.45) is 4.40. The summed E-state index contributed by atoms with van der Waals surface area (Å²) in [5, 5.41) is 12.6. The number of rotatable bonds is 45. The fraction of sp³-hybridized carbons (Fsp3) is 0.755. The van der Waals surface area contributed by atoms with Gasteiger partial charge in [0, 0.05) is 75.5 Å². The highest BCUT2D eigenvalue weighted by Crippen LogP contribution is 2.22. The zero-order chi connectivity index (χ0) is 53.1. The summed E-state index contributed by atoms with van der Waals surface area (Å²) in [5.74, 6) is -0.440. The molecule has 412 valence electrons. The molecule has 0 bridgehead atoms. The second kappa shape index (κ2) is 36.0. The topological polar surface area (TPSA) is 261 Å². The lowest BCUT2D eigenvalue weighted by atomic mass is 9.92. The zero-order valence-corrected chi connectivity index (χ0v) is 44.8. The lowest BCUT2D eigenvalue weighted by Gasteiger charge is -2.27. The number of hydrogen-bond acceptors (Lipinski definition) is 19. The molecule has 0 atom stereocenters. The molecule has 0 spiro atoms. The van der Waals surface area contributed by atoms with E-state index >= 15 is 0 Å². The quantitative estimate of drug-likeness (QED) is 0.0712. The van der Waals surface area contributed by atoms with Crippen molar-refractivity contribution in [2.24, 2.45) is 5.41 Å². The Morgan fingerprint density at radius 1 is 0.597 bits per heavy atom. The first-order valence-electron chi connectivity index (χ1n) is 24.5. The minimum absolute atomic E-state index is 0.00722. The van der Waals surface area contributed by atoms with Gasteiger partial charge in [-0.1, -0.05) is 18.9 Å². The van der Waals surface area contributed by atoms with Crippen LogP contribution in [-0.4, -0.2) is 211 Å². The molecule has 0 aliphatic heterocycles. The summed E-state index contributed by atoms with van der Waals surface area (Å²) >= 11 is 0. The van der Waals surface area contributed by atoms with E-state index in [2.05, 4.69) is 20.8 Å². The Bertz CT molecular complexity index is 1910. The molecule has 23 heteroatoms. The maximum Gasteiger partial charge on any atom is 0.335 e. The second-order valence-corrected chi connectivity index (χ2v) is 20.4. The average Bonchev–Trinajstić information content (AvgIpc) is 3.85. The van der Waals surface area contributed by atoms with Gasteiger partial charge in [0.15, 0.2) is 0 Å². The third-order valence-electron chi connectivity index (χ3n) is 10.8. The first kappa shape index (κ1) is 64.1. The van der Waals surface area contributed by atoms with E-state index in [1.165, 1.54) is 0 Å². The predicted molar refractivity (Wildman–Crippen MR) is 265 cm³/mol. The lowest BCUT2D eigenvalue weighted by molar-refractivity contribution is -0.123. The number of ether oxygens (including phenoxy) is 10. The van der Waals surface area contributed by atoms with Gasteiger partial charge in [-0.2, -0.15) is 0 Å². The van der Waals surface area contributed by atoms with Gasteiger partial charge >= 0.3 is 5.22 Å². The van der Waals surface area contributed by atoms with E-state index in [-0.39, 0.29) is 75.0 Å². The van der Waals surface area contributed by atoms with Crippen LogP contribution in [0.2, 0.25) is 0 Å². The molecule has 0 radical (unpaired) electrons. The van der Waals surface area contributed by atoms with Crippen LogP contribution in [-0.2, 0) is 71.6 Å². The van der Waals surface area contributed by atoms with E-state index in [0.29, 0.717) is 136 Å². The van der Waals surface area contributed by atoms with Crippen LogP contribution in [0.1, 0.15) is 84.0 Å². The van der Waals surface area contributed by atoms with Gasteiger partial charge in [-0.3, -0.25) is 14.4 Å². The van der Waals surface area contributed by atoms with Gasteiger partial charge in [0.2, 0.25) is 27.5 Å². The van der Waals surface area contributed by atoms with Crippen molar-refractivity contribution in [2.45, 2.75) is 90.1 Å². The predicted octanol–water partition coefficient (Wildman–Crippen LogP) is 3.34. The number of aldehydes is 1. The normalized spacial score (nSPS) is 12.3. The number of amides is 3. The number of hydrogen-bond donors (Lipinski definition) is 2. The highest BCUT2D eigenvalue weighted by Gasteiger charge is 2.23. The molecule has 22 nitrogen and oxygen atoms in total. The van der Waals surface area contributed by atoms with Crippen molar-refractivity contribution in [3.8, 4) is 11.5 Å². The summed E-state index contributed by atoms with van der Waals surface area (Å²) in [5.41, 5.74) is -0.299. The number of aromatic nitrogens is 2. The average molecular weight is 1050 g/mol. The summed E-state index contributed by atoms with van der Waals surface area (Å²) in [4.78, 5) is 50.5. The Morgan fingerprint density at radius 2 is 1.01 bits per heavy atom. The SMILES string of the molecule is COC(C)(C)CCNC(=O)CCOCCOCCOCCOCCN(CCOCCOCCOCCOCCC(=O)NCCC(C)(C)OCCC(C)(C)C=O)C(=O)c1ccc(-c2nnc(S(C)(=O)=O)o2)cc1. The Kier molecular flexibility index (Phi) is 32.1. The van der Waals surface area contributed by atoms with E-state index in [4.69, 9.17) is 51.8 Å². The second-order valence-electron chi connectivity index (χ2n) is 18.5. The number of benzene rings is 1. The fourth-order valence-electron chi connectivity index (χ4n) is 5.94. The molecule has 1 aromatic heterocycles. The van der Waals surface area contributed by atoms with Gasteiger partial charge in [0.1, 0.15) is 6.29 Å². The third-order valence-corrected chi connectivity index (χ3v) is 11.6. The van der Waals surface area contributed by atoms with Crippen molar-refractivity contribution in [1.29, 1.82) is 0 Å². The van der Waals surface area contributed by atoms with E-state index in [1.807, 2.05) is 41.5 Å².